The lowest BCUT2D eigenvalue weighted by Gasteiger charge is -2.06. The summed E-state index contributed by atoms with van der Waals surface area (Å²) in [6, 6.07) is 13.7. The summed E-state index contributed by atoms with van der Waals surface area (Å²) in [5.74, 6) is 0. The van der Waals surface area contributed by atoms with Gasteiger partial charge >= 0.3 is 0 Å². The van der Waals surface area contributed by atoms with E-state index in [0.29, 0.717) is 0 Å². The van der Waals surface area contributed by atoms with E-state index in [1.807, 2.05) is 45.3 Å². The Morgan fingerprint density at radius 2 is 1.24 bits per heavy atom. The van der Waals surface area contributed by atoms with Crippen LogP contribution in [0.3, 0.4) is 0 Å². The predicted molar refractivity (Wildman–Crippen MR) is 135 cm³/mol. The third kappa shape index (κ3) is 3.86. The summed E-state index contributed by atoms with van der Waals surface area (Å²) in [4.78, 5) is 5.60. The zero-order valence-electron chi connectivity index (χ0n) is 16.6. The fourth-order valence-corrected chi connectivity index (χ4v) is 8.11. The molecular weight excluding hydrogens is 431 g/mol. The normalized spacial score (nSPS) is 11.9. The Labute approximate surface area is 188 Å². The van der Waals surface area contributed by atoms with E-state index in [1.54, 1.807) is 0 Å². The molecule has 0 bridgehead atoms. The van der Waals surface area contributed by atoms with E-state index in [4.69, 9.17) is 0 Å². The zero-order chi connectivity index (χ0) is 19.6. The fourth-order valence-electron chi connectivity index (χ4n) is 3.99. The van der Waals surface area contributed by atoms with Gasteiger partial charge in [-0.05, 0) is 41.4 Å². The molecular formula is C24H25NS4. The minimum atomic E-state index is 1.13. The van der Waals surface area contributed by atoms with Crippen molar-refractivity contribution in [1.82, 2.24) is 4.57 Å². The highest BCUT2D eigenvalue weighted by Gasteiger charge is 2.19. The molecule has 0 aliphatic rings. The smallest absolute Gasteiger partial charge is 0.0708 e. The molecule has 5 heterocycles. The van der Waals surface area contributed by atoms with E-state index in [0.717, 1.165) is 6.54 Å². The van der Waals surface area contributed by atoms with Crippen LogP contribution in [0.15, 0.2) is 47.2 Å². The fraction of sp³-hybridized carbons (Fsp3) is 0.333. The quantitative estimate of drug-likeness (QED) is 0.195. The molecule has 0 N–H and O–H groups in total. The summed E-state index contributed by atoms with van der Waals surface area (Å²) in [5, 5.41) is 4.36. The Balaban J connectivity index is 1.51. The lowest BCUT2D eigenvalue weighted by atomic mass is 10.1. The molecule has 0 atom stereocenters. The standard InChI is InChI=1S/C24H25NS4/c1-2-3-4-5-6-7-12-25-17-15-21(19-10-8-13-26-19)28-23(17)24-18(25)16-22(29-24)20-11-9-14-27-20/h8-11,13-16H,2-7,12H2,1H3. The minimum absolute atomic E-state index is 1.13. The molecule has 5 aromatic rings. The van der Waals surface area contributed by atoms with Gasteiger partial charge in [-0.25, -0.2) is 0 Å². The van der Waals surface area contributed by atoms with Crippen molar-refractivity contribution in [2.24, 2.45) is 0 Å². The second-order valence-electron chi connectivity index (χ2n) is 7.52. The zero-order valence-corrected chi connectivity index (χ0v) is 19.9. The Morgan fingerprint density at radius 1 is 0.690 bits per heavy atom. The van der Waals surface area contributed by atoms with Crippen molar-refractivity contribution in [2.45, 2.75) is 52.0 Å². The first-order valence-corrected chi connectivity index (χ1v) is 13.9. The molecule has 0 aliphatic heterocycles. The maximum absolute atomic E-state index is 2.60. The van der Waals surface area contributed by atoms with Gasteiger partial charge in [-0.2, -0.15) is 0 Å². The van der Waals surface area contributed by atoms with Gasteiger partial charge in [0, 0.05) is 26.1 Å². The number of thiophene rings is 4. The number of aromatic nitrogens is 1. The van der Waals surface area contributed by atoms with Crippen molar-refractivity contribution < 1.29 is 0 Å². The van der Waals surface area contributed by atoms with Crippen LogP contribution in [0.5, 0.6) is 0 Å². The molecule has 0 spiro atoms. The van der Waals surface area contributed by atoms with Gasteiger partial charge < -0.3 is 4.57 Å². The molecule has 29 heavy (non-hydrogen) atoms. The minimum Gasteiger partial charge on any atom is -0.339 e. The first-order chi connectivity index (χ1) is 14.3. The van der Waals surface area contributed by atoms with E-state index in [2.05, 4.69) is 58.6 Å². The van der Waals surface area contributed by atoms with Gasteiger partial charge in [-0.15, -0.1) is 45.3 Å². The summed E-state index contributed by atoms with van der Waals surface area (Å²) in [6.45, 7) is 3.42. The van der Waals surface area contributed by atoms with Gasteiger partial charge in [0.1, 0.15) is 0 Å². The second-order valence-corrected chi connectivity index (χ2v) is 11.5. The average molecular weight is 456 g/mol. The molecule has 0 amide bonds. The monoisotopic (exact) mass is 455 g/mol. The Kier molecular flexibility index (Phi) is 5.91. The van der Waals surface area contributed by atoms with Crippen molar-refractivity contribution in [1.29, 1.82) is 0 Å². The summed E-state index contributed by atoms with van der Waals surface area (Å²) < 4.78 is 5.55. The van der Waals surface area contributed by atoms with Crippen molar-refractivity contribution in [3.05, 3.63) is 47.2 Å². The number of hydrogen-bond donors (Lipinski definition) is 0. The van der Waals surface area contributed by atoms with E-state index < -0.39 is 0 Å². The largest absolute Gasteiger partial charge is 0.339 e. The van der Waals surface area contributed by atoms with Crippen LogP contribution in [0.2, 0.25) is 0 Å². The topological polar surface area (TPSA) is 4.93 Å². The van der Waals surface area contributed by atoms with Crippen molar-refractivity contribution >= 4 is 65.8 Å². The van der Waals surface area contributed by atoms with Crippen molar-refractivity contribution in [3.63, 3.8) is 0 Å². The van der Waals surface area contributed by atoms with Crippen molar-refractivity contribution in [2.75, 3.05) is 0 Å². The Hall–Kier alpha value is -1.40. The summed E-state index contributed by atoms with van der Waals surface area (Å²) >= 11 is 7.63. The predicted octanol–water partition coefficient (Wildman–Crippen LogP) is 9.73. The third-order valence-corrected chi connectivity index (χ3v) is 10.0. The number of nitrogens with zero attached hydrogens (tertiary/aromatic N) is 1. The first kappa shape index (κ1) is 19.6. The van der Waals surface area contributed by atoms with Gasteiger partial charge in [-0.3, -0.25) is 0 Å². The average Bonchev–Trinajstić information content (AvgIpc) is 3.53. The van der Waals surface area contributed by atoms with Gasteiger partial charge in [0.05, 0.1) is 20.4 Å². The van der Waals surface area contributed by atoms with Crippen LogP contribution in [0, 0.1) is 0 Å². The van der Waals surface area contributed by atoms with Crippen LogP contribution in [0.25, 0.3) is 39.9 Å². The highest BCUT2D eigenvalue weighted by molar-refractivity contribution is 7.32. The molecule has 0 saturated heterocycles. The number of unbranched alkanes of at least 4 members (excludes halogenated alkanes) is 5. The van der Waals surface area contributed by atoms with Crippen LogP contribution >= 0.6 is 45.3 Å². The molecule has 5 heteroatoms. The Bertz CT molecular complexity index is 1100. The number of fused-ring (bicyclic) bond motifs is 3. The summed E-state index contributed by atoms with van der Waals surface area (Å²) in [6.07, 6.45) is 8.06. The molecule has 0 unspecified atom stereocenters. The van der Waals surface area contributed by atoms with Crippen LogP contribution in [-0.2, 0) is 6.54 Å². The molecule has 0 aromatic carbocycles. The molecule has 0 fully saturated rings. The first-order valence-electron chi connectivity index (χ1n) is 10.5. The van der Waals surface area contributed by atoms with E-state index in [9.17, 15) is 0 Å². The Morgan fingerprint density at radius 3 is 1.76 bits per heavy atom. The van der Waals surface area contributed by atoms with Crippen LogP contribution in [-0.4, -0.2) is 4.57 Å². The third-order valence-electron chi connectivity index (χ3n) is 5.48. The van der Waals surface area contributed by atoms with E-state index >= 15 is 0 Å². The SMILES string of the molecule is CCCCCCCCn1c2cc(-c3cccs3)sc2c2sc(-c3cccs3)cc21. The maximum atomic E-state index is 2.60. The van der Waals surface area contributed by atoms with Crippen LogP contribution in [0.1, 0.15) is 45.4 Å². The van der Waals surface area contributed by atoms with E-state index in [1.165, 1.54) is 78.5 Å². The molecule has 0 saturated carbocycles. The van der Waals surface area contributed by atoms with Gasteiger partial charge in [-0.1, -0.05) is 51.2 Å². The molecule has 0 aliphatic carbocycles. The van der Waals surface area contributed by atoms with E-state index in [-0.39, 0.29) is 0 Å². The maximum Gasteiger partial charge on any atom is 0.0708 e. The molecule has 150 valence electrons. The number of aryl methyl sites for hydroxylation is 1. The van der Waals surface area contributed by atoms with Crippen LogP contribution in [0.4, 0.5) is 0 Å². The van der Waals surface area contributed by atoms with Gasteiger partial charge in [0.15, 0.2) is 0 Å². The highest BCUT2D eigenvalue weighted by Crippen LogP contribution is 2.46. The molecule has 1 nitrogen and oxygen atoms in total. The summed E-state index contributed by atoms with van der Waals surface area (Å²) in [7, 11) is 0. The second kappa shape index (κ2) is 8.76. The van der Waals surface area contributed by atoms with Crippen LogP contribution < -0.4 is 0 Å². The number of rotatable bonds is 9. The lowest BCUT2D eigenvalue weighted by Crippen LogP contribution is -1.96. The van der Waals surface area contributed by atoms with Crippen molar-refractivity contribution in [3.8, 4) is 19.5 Å². The van der Waals surface area contributed by atoms with Gasteiger partial charge in [0.2, 0.25) is 0 Å². The lowest BCUT2D eigenvalue weighted by molar-refractivity contribution is 0.571. The molecule has 5 rings (SSSR count). The van der Waals surface area contributed by atoms with Gasteiger partial charge in [0.25, 0.3) is 0 Å². The molecule has 0 radical (unpaired) electrons. The highest BCUT2D eigenvalue weighted by atomic mass is 32.1. The number of hydrogen-bond acceptors (Lipinski definition) is 4. The molecule has 5 aromatic heterocycles. The summed E-state index contributed by atoms with van der Waals surface area (Å²) in [5.41, 5.74) is 2.87.